The van der Waals surface area contributed by atoms with Crippen molar-refractivity contribution in [2.45, 2.75) is 18.9 Å². The lowest BCUT2D eigenvalue weighted by molar-refractivity contribution is -0.125. The Kier molecular flexibility index (Phi) is 4.50. The van der Waals surface area contributed by atoms with E-state index in [0.29, 0.717) is 6.42 Å². The Morgan fingerprint density at radius 2 is 2.14 bits per heavy atom. The van der Waals surface area contributed by atoms with Gasteiger partial charge >= 0.3 is 5.97 Å². The molecule has 2 rings (SSSR count). The highest BCUT2D eigenvalue weighted by Crippen LogP contribution is 2.22. The van der Waals surface area contributed by atoms with E-state index in [4.69, 9.17) is 4.74 Å². The van der Waals surface area contributed by atoms with Gasteiger partial charge in [-0.05, 0) is 31.5 Å². The molecular weight excluding hydrogens is 313 g/mol. The molecule has 8 heteroatoms. The summed E-state index contributed by atoms with van der Waals surface area (Å²) in [4.78, 5) is 23.4. The number of sulfone groups is 1. The largest absolute Gasteiger partial charge is 0.452 e. The Balaban J connectivity index is 1.87. The first-order chi connectivity index (χ1) is 10.2. The van der Waals surface area contributed by atoms with Gasteiger partial charge in [-0.3, -0.25) is 4.79 Å². The van der Waals surface area contributed by atoms with Crippen molar-refractivity contribution in [2.75, 3.05) is 18.1 Å². The second-order valence-corrected chi connectivity index (χ2v) is 7.72. The molecule has 0 bridgehead atoms. The molecule has 1 aliphatic rings. The predicted octanol–water partition coefficient (Wildman–Crippen LogP) is 0.676. The van der Waals surface area contributed by atoms with Gasteiger partial charge in [-0.1, -0.05) is 6.07 Å². The van der Waals surface area contributed by atoms with Crippen LogP contribution in [0.2, 0.25) is 0 Å². The molecule has 22 heavy (non-hydrogen) atoms. The number of rotatable bonds is 4. The van der Waals surface area contributed by atoms with Gasteiger partial charge in [-0.25, -0.2) is 17.6 Å². The Morgan fingerprint density at radius 3 is 2.73 bits per heavy atom. The van der Waals surface area contributed by atoms with Crippen molar-refractivity contribution in [2.24, 2.45) is 0 Å². The van der Waals surface area contributed by atoms with Crippen LogP contribution >= 0.6 is 0 Å². The number of carbonyl (C=O) groups excluding carboxylic acids is 2. The average Bonchev–Trinajstić information content (AvgIpc) is 2.69. The molecule has 1 heterocycles. The summed E-state index contributed by atoms with van der Waals surface area (Å²) in [7, 11) is -3.14. The van der Waals surface area contributed by atoms with Gasteiger partial charge in [0.15, 0.2) is 16.4 Å². The predicted molar refractivity (Wildman–Crippen MR) is 76.5 cm³/mol. The number of hydrogen-bond donors (Lipinski definition) is 1. The summed E-state index contributed by atoms with van der Waals surface area (Å²) < 4.78 is 40.6. The molecule has 1 N–H and O–H groups in total. The minimum atomic E-state index is -3.14. The van der Waals surface area contributed by atoms with E-state index >= 15 is 0 Å². The van der Waals surface area contributed by atoms with Crippen LogP contribution < -0.4 is 5.32 Å². The van der Waals surface area contributed by atoms with Crippen LogP contribution in [-0.2, 0) is 19.4 Å². The molecule has 0 spiro atoms. The summed E-state index contributed by atoms with van der Waals surface area (Å²) >= 11 is 0. The van der Waals surface area contributed by atoms with Crippen LogP contribution in [0.25, 0.3) is 0 Å². The van der Waals surface area contributed by atoms with Gasteiger partial charge in [0.1, 0.15) is 5.82 Å². The van der Waals surface area contributed by atoms with E-state index in [1.807, 2.05) is 0 Å². The van der Waals surface area contributed by atoms with Crippen molar-refractivity contribution in [3.05, 3.63) is 35.6 Å². The number of esters is 1. The van der Waals surface area contributed by atoms with Crippen molar-refractivity contribution in [1.29, 1.82) is 0 Å². The summed E-state index contributed by atoms with van der Waals surface area (Å²) in [6, 6.07) is 4.92. The second kappa shape index (κ2) is 6.04. The SMILES string of the molecule is C[C@]1(NC(=O)COC(=O)c2cccc(F)c2)CCS(=O)(=O)C1. The Bertz CT molecular complexity index is 703. The average molecular weight is 329 g/mol. The lowest BCUT2D eigenvalue weighted by Gasteiger charge is -2.23. The number of benzene rings is 1. The van der Waals surface area contributed by atoms with Crippen molar-refractivity contribution in [3.63, 3.8) is 0 Å². The van der Waals surface area contributed by atoms with Crippen molar-refractivity contribution >= 4 is 21.7 Å². The van der Waals surface area contributed by atoms with E-state index < -0.39 is 39.7 Å². The van der Waals surface area contributed by atoms with Gasteiger partial charge in [0, 0.05) is 0 Å². The second-order valence-electron chi connectivity index (χ2n) is 5.54. The van der Waals surface area contributed by atoms with E-state index in [1.165, 1.54) is 18.2 Å². The molecule has 0 radical (unpaired) electrons. The maximum absolute atomic E-state index is 13.0. The number of carbonyl (C=O) groups is 2. The first-order valence-corrected chi connectivity index (χ1v) is 8.45. The summed E-state index contributed by atoms with van der Waals surface area (Å²) in [6.45, 7) is 1.08. The van der Waals surface area contributed by atoms with E-state index in [2.05, 4.69) is 5.32 Å². The van der Waals surface area contributed by atoms with Gasteiger partial charge in [0.2, 0.25) is 0 Å². The Morgan fingerprint density at radius 1 is 1.41 bits per heavy atom. The van der Waals surface area contributed by atoms with Gasteiger partial charge in [-0.2, -0.15) is 0 Å². The standard InChI is InChI=1S/C14H16FNO5S/c1-14(5-6-22(19,20)9-14)16-12(17)8-21-13(18)10-3-2-4-11(15)7-10/h2-4,7H,5-6,8-9H2,1H3,(H,16,17)/t14-/m0/s1. The molecule has 1 aromatic carbocycles. The minimum Gasteiger partial charge on any atom is -0.452 e. The number of hydrogen-bond acceptors (Lipinski definition) is 5. The zero-order valence-electron chi connectivity index (χ0n) is 12.0. The van der Waals surface area contributed by atoms with Crippen molar-refractivity contribution in [3.8, 4) is 0 Å². The van der Waals surface area contributed by atoms with Crippen LogP contribution in [0, 0.1) is 5.82 Å². The van der Waals surface area contributed by atoms with E-state index in [1.54, 1.807) is 6.92 Å². The zero-order valence-corrected chi connectivity index (χ0v) is 12.8. The topological polar surface area (TPSA) is 89.5 Å². The van der Waals surface area contributed by atoms with E-state index in [9.17, 15) is 22.4 Å². The fourth-order valence-corrected chi connectivity index (χ4v) is 4.40. The molecule has 0 aliphatic carbocycles. The van der Waals surface area contributed by atoms with Crippen LogP contribution in [0.1, 0.15) is 23.7 Å². The van der Waals surface area contributed by atoms with Crippen molar-refractivity contribution in [1.82, 2.24) is 5.32 Å². The number of halogens is 1. The van der Waals surface area contributed by atoms with Gasteiger partial charge < -0.3 is 10.1 Å². The molecular formula is C14H16FNO5S. The highest BCUT2D eigenvalue weighted by atomic mass is 32.2. The van der Waals surface area contributed by atoms with Crippen LogP contribution in [-0.4, -0.2) is 43.9 Å². The van der Waals surface area contributed by atoms with E-state index in [-0.39, 0.29) is 17.1 Å². The molecule has 1 aromatic rings. The van der Waals surface area contributed by atoms with E-state index in [0.717, 1.165) is 6.07 Å². The zero-order chi connectivity index (χ0) is 16.4. The van der Waals surface area contributed by atoms with Crippen LogP contribution in [0.15, 0.2) is 24.3 Å². The monoisotopic (exact) mass is 329 g/mol. The third-order valence-corrected chi connectivity index (χ3v) is 5.24. The molecule has 1 aliphatic heterocycles. The summed E-state index contributed by atoms with van der Waals surface area (Å²) in [5, 5.41) is 2.56. The van der Waals surface area contributed by atoms with Crippen molar-refractivity contribution < 1.29 is 27.1 Å². The molecule has 1 saturated heterocycles. The maximum Gasteiger partial charge on any atom is 0.338 e. The lowest BCUT2D eigenvalue weighted by Crippen LogP contribution is -2.48. The van der Waals surface area contributed by atoms with Gasteiger partial charge in [0.25, 0.3) is 5.91 Å². The highest BCUT2D eigenvalue weighted by molar-refractivity contribution is 7.91. The first kappa shape index (κ1) is 16.4. The van der Waals surface area contributed by atoms with Crippen LogP contribution in [0.4, 0.5) is 4.39 Å². The molecule has 120 valence electrons. The van der Waals surface area contributed by atoms with Gasteiger partial charge in [0.05, 0.1) is 22.6 Å². The normalized spacial score (nSPS) is 23.0. The molecule has 0 aromatic heterocycles. The summed E-state index contributed by atoms with van der Waals surface area (Å²) in [6.07, 6.45) is 0.318. The Labute approximate surface area is 127 Å². The molecule has 1 amide bonds. The van der Waals surface area contributed by atoms with Crippen LogP contribution in [0.3, 0.4) is 0 Å². The fourth-order valence-electron chi connectivity index (χ4n) is 2.31. The number of amides is 1. The van der Waals surface area contributed by atoms with Gasteiger partial charge in [-0.15, -0.1) is 0 Å². The number of ether oxygens (including phenoxy) is 1. The quantitative estimate of drug-likeness (QED) is 0.820. The minimum absolute atomic E-state index is 0.00227. The fraction of sp³-hybridized carbons (Fsp3) is 0.429. The smallest absolute Gasteiger partial charge is 0.338 e. The maximum atomic E-state index is 13.0. The molecule has 1 atom stereocenters. The first-order valence-electron chi connectivity index (χ1n) is 6.63. The third-order valence-electron chi connectivity index (χ3n) is 3.34. The van der Waals surface area contributed by atoms with Crippen LogP contribution in [0.5, 0.6) is 0 Å². The Hall–Kier alpha value is -1.96. The third kappa shape index (κ3) is 4.27. The summed E-state index contributed by atoms with van der Waals surface area (Å²) in [5.74, 6) is -2.11. The molecule has 1 fully saturated rings. The molecule has 6 nitrogen and oxygen atoms in total. The molecule has 0 saturated carbocycles. The molecule has 0 unspecified atom stereocenters. The lowest BCUT2D eigenvalue weighted by atomic mass is 10.0. The summed E-state index contributed by atoms with van der Waals surface area (Å²) in [5.41, 5.74) is -0.844. The number of nitrogens with one attached hydrogen (secondary N) is 1. The highest BCUT2D eigenvalue weighted by Gasteiger charge is 2.39.